The van der Waals surface area contributed by atoms with Crippen LogP contribution < -0.4 is 0 Å². The van der Waals surface area contributed by atoms with Crippen LogP contribution in [0.3, 0.4) is 0 Å². The molecular formula is C20H24N2O3S. The number of hydrogen-bond donors (Lipinski definition) is 0. The first-order valence-electron chi connectivity index (χ1n) is 8.89. The van der Waals surface area contributed by atoms with Crippen molar-refractivity contribution >= 4 is 15.9 Å². The number of hydrogen-bond acceptors (Lipinski definition) is 4. The second-order valence-corrected chi connectivity index (χ2v) is 8.49. The molecule has 3 rings (SSSR count). The standard InChI is InChI=1S/C20H24N2O3S/c1-21(16-17-10-4-2-5-11-17)14-8-3-9-15-22-20(23)18-12-6-7-13-19(18)26(22,24)25/h2,4-7,10-13H,3,8-9,14-16H2,1H3. The highest BCUT2D eigenvalue weighted by molar-refractivity contribution is 7.90. The lowest BCUT2D eigenvalue weighted by Gasteiger charge is -2.17. The van der Waals surface area contributed by atoms with Gasteiger partial charge in [0.2, 0.25) is 0 Å². The molecule has 0 spiro atoms. The van der Waals surface area contributed by atoms with Gasteiger partial charge in [-0.15, -0.1) is 0 Å². The number of unbranched alkanes of at least 4 members (excludes halogenated alkanes) is 2. The number of sulfonamides is 1. The van der Waals surface area contributed by atoms with Gasteiger partial charge in [-0.25, -0.2) is 12.7 Å². The van der Waals surface area contributed by atoms with Crippen molar-refractivity contribution in [2.45, 2.75) is 30.7 Å². The Morgan fingerprint density at radius 1 is 0.923 bits per heavy atom. The molecule has 1 amide bonds. The molecule has 26 heavy (non-hydrogen) atoms. The molecule has 0 saturated heterocycles. The van der Waals surface area contributed by atoms with Crippen molar-refractivity contribution in [2.24, 2.45) is 0 Å². The van der Waals surface area contributed by atoms with Crippen molar-refractivity contribution in [3.05, 3.63) is 65.7 Å². The van der Waals surface area contributed by atoms with Crippen molar-refractivity contribution in [1.29, 1.82) is 0 Å². The van der Waals surface area contributed by atoms with Crippen LogP contribution in [-0.2, 0) is 16.6 Å². The summed E-state index contributed by atoms with van der Waals surface area (Å²) in [5.74, 6) is -0.401. The topological polar surface area (TPSA) is 57.7 Å². The zero-order chi connectivity index (χ0) is 18.6. The molecule has 0 aromatic heterocycles. The predicted octanol–water partition coefficient (Wildman–Crippen LogP) is 3.13. The van der Waals surface area contributed by atoms with Crippen LogP contribution in [0.1, 0.15) is 35.2 Å². The Balaban J connectivity index is 1.44. The van der Waals surface area contributed by atoms with Crippen LogP contribution in [-0.4, -0.2) is 43.7 Å². The summed E-state index contributed by atoms with van der Waals surface area (Å²) in [6.45, 7) is 2.09. The average molecular weight is 372 g/mol. The van der Waals surface area contributed by atoms with Crippen molar-refractivity contribution in [3.8, 4) is 0 Å². The van der Waals surface area contributed by atoms with E-state index in [0.717, 1.165) is 30.2 Å². The average Bonchev–Trinajstić information content (AvgIpc) is 2.83. The van der Waals surface area contributed by atoms with Crippen LogP contribution in [0, 0.1) is 0 Å². The van der Waals surface area contributed by atoms with Crippen LogP contribution >= 0.6 is 0 Å². The van der Waals surface area contributed by atoms with Gasteiger partial charge in [0.15, 0.2) is 0 Å². The summed E-state index contributed by atoms with van der Waals surface area (Å²) in [4.78, 5) is 14.7. The highest BCUT2D eigenvalue weighted by Crippen LogP contribution is 2.30. The quantitative estimate of drug-likeness (QED) is 0.668. The van der Waals surface area contributed by atoms with Crippen LogP contribution in [0.25, 0.3) is 0 Å². The molecular weight excluding hydrogens is 348 g/mol. The van der Waals surface area contributed by atoms with E-state index in [2.05, 4.69) is 24.1 Å². The van der Waals surface area contributed by atoms with E-state index < -0.39 is 15.9 Å². The molecule has 6 heteroatoms. The largest absolute Gasteiger partial charge is 0.302 e. The van der Waals surface area contributed by atoms with Crippen LogP contribution in [0.15, 0.2) is 59.5 Å². The summed E-state index contributed by atoms with van der Waals surface area (Å²) in [5, 5.41) is 0. The Bertz CT molecular complexity index is 866. The lowest BCUT2D eigenvalue weighted by molar-refractivity contribution is 0.0869. The summed E-state index contributed by atoms with van der Waals surface area (Å²) in [6.07, 6.45) is 2.53. The first-order chi connectivity index (χ1) is 12.5. The summed E-state index contributed by atoms with van der Waals surface area (Å²) < 4.78 is 26.0. The third-order valence-corrected chi connectivity index (χ3v) is 6.45. The lowest BCUT2D eigenvalue weighted by atomic mass is 10.2. The minimum absolute atomic E-state index is 0.132. The predicted molar refractivity (Wildman–Crippen MR) is 101 cm³/mol. The maximum atomic E-state index is 12.5. The molecule has 2 aromatic rings. The molecule has 1 heterocycles. The number of carbonyl (C=O) groups excluding carboxylic acids is 1. The molecule has 0 bridgehead atoms. The number of carbonyl (C=O) groups is 1. The zero-order valence-corrected chi connectivity index (χ0v) is 15.8. The Morgan fingerprint density at radius 3 is 2.35 bits per heavy atom. The molecule has 0 saturated carbocycles. The van der Waals surface area contributed by atoms with E-state index in [1.165, 1.54) is 11.6 Å². The fraction of sp³-hybridized carbons (Fsp3) is 0.350. The molecule has 0 aliphatic carbocycles. The molecule has 0 N–H and O–H groups in total. The van der Waals surface area contributed by atoms with Gasteiger partial charge < -0.3 is 4.90 Å². The van der Waals surface area contributed by atoms with Gasteiger partial charge in [-0.3, -0.25) is 4.79 Å². The minimum atomic E-state index is -3.67. The number of fused-ring (bicyclic) bond motifs is 1. The van der Waals surface area contributed by atoms with Gasteiger partial charge in [0.1, 0.15) is 4.90 Å². The van der Waals surface area contributed by atoms with E-state index in [1.807, 2.05) is 18.2 Å². The monoisotopic (exact) mass is 372 g/mol. The Morgan fingerprint density at radius 2 is 1.62 bits per heavy atom. The molecule has 0 radical (unpaired) electrons. The van der Waals surface area contributed by atoms with Gasteiger partial charge in [-0.1, -0.05) is 48.9 Å². The van der Waals surface area contributed by atoms with Crippen molar-refractivity contribution < 1.29 is 13.2 Å². The second kappa shape index (κ2) is 8.01. The van der Waals surface area contributed by atoms with E-state index in [4.69, 9.17) is 0 Å². The van der Waals surface area contributed by atoms with Gasteiger partial charge >= 0.3 is 0 Å². The van der Waals surface area contributed by atoms with Gasteiger partial charge in [0.05, 0.1) is 5.56 Å². The molecule has 0 unspecified atom stereocenters. The summed E-state index contributed by atoms with van der Waals surface area (Å²) >= 11 is 0. The van der Waals surface area contributed by atoms with Crippen molar-refractivity contribution in [1.82, 2.24) is 9.21 Å². The fourth-order valence-electron chi connectivity index (χ4n) is 3.24. The number of benzene rings is 2. The minimum Gasteiger partial charge on any atom is -0.302 e. The summed E-state index contributed by atoms with van der Waals surface area (Å²) in [5.41, 5.74) is 1.57. The maximum absolute atomic E-state index is 12.5. The Hall–Kier alpha value is -2.18. The van der Waals surface area contributed by atoms with E-state index in [1.54, 1.807) is 18.2 Å². The van der Waals surface area contributed by atoms with E-state index >= 15 is 0 Å². The first-order valence-corrected chi connectivity index (χ1v) is 10.3. The lowest BCUT2D eigenvalue weighted by Crippen LogP contribution is -2.31. The normalized spacial score (nSPS) is 15.5. The zero-order valence-electron chi connectivity index (χ0n) is 15.0. The van der Waals surface area contributed by atoms with Crippen LogP contribution in [0.2, 0.25) is 0 Å². The third kappa shape index (κ3) is 3.97. The van der Waals surface area contributed by atoms with Crippen LogP contribution in [0.4, 0.5) is 0 Å². The summed E-state index contributed by atoms with van der Waals surface area (Å²) in [6, 6.07) is 16.7. The number of amides is 1. The van der Waals surface area contributed by atoms with Gasteiger partial charge in [0, 0.05) is 13.1 Å². The molecule has 1 aliphatic heterocycles. The third-order valence-electron chi connectivity index (χ3n) is 4.61. The smallest absolute Gasteiger partial charge is 0.269 e. The van der Waals surface area contributed by atoms with Crippen LogP contribution in [0.5, 0.6) is 0 Å². The van der Waals surface area contributed by atoms with Gasteiger partial charge in [0.25, 0.3) is 15.9 Å². The van der Waals surface area contributed by atoms with Gasteiger partial charge in [-0.05, 0) is 44.1 Å². The maximum Gasteiger partial charge on any atom is 0.269 e. The molecule has 5 nitrogen and oxygen atoms in total. The molecule has 1 aliphatic rings. The van der Waals surface area contributed by atoms with E-state index in [0.29, 0.717) is 6.42 Å². The molecule has 138 valence electrons. The Kier molecular flexibility index (Phi) is 5.74. The SMILES string of the molecule is CN(CCCCCN1C(=O)c2ccccc2S1(=O)=O)Cc1ccccc1. The number of nitrogens with zero attached hydrogens (tertiary/aromatic N) is 2. The summed E-state index contributed by atoms with van der Waals surface area (Å²) in [7, 11) is -1.58. The molecule has 0 fully saturated rings. The highest BCUT2D eigenvalue weighted by atomic mass is 32.2. The van der Waals surface area contributed by atoms with Crippen molar-refractivity contribution in [2.75, 3.05) is 20.1 Å². The van der Waals surface area contributed by atoms with Gasteiger partial charge in [-0.2, -0.15) is 0 Å². The number of rotatable bonds is 8. The Labute approximate surface area is 155 Å². The van der Waals surface area contributed by atoms with E-state index in [-0.39, 0.29) is 17.0 Å². The molecule has 0 atom stereocenters. The fourth-order valence-corrected chi connectivity index (χ4v) is 4.85. The second-order valence-electron chi connectivity index (χ2n) is 6.66. The van der Waals surface area contributed by atoms with Crippen molar-refractivity contribution in [3.63, 3.8) is 0 Å². The first kappa shape index (κ1) is 18.6. The highest BCUT2D eigenvalue weighted by Gasteiger charge is 2.40. The van der Waals surface area contributed by atoms with E-state index in [9.17, 15) is 13.2 Å². The molecule has 2 aromatic carbocycles.